The first-order valence-corrected chi connectivity index (χ1v) is 8.70. The van der Waals surface area contributed by atoms with E-state index in [4.69, 9.17) is 0 Å². The molecule has 1 aromatic rings. The summed E-state index contributed by atoms with van der Waals surface area (Å²) in [6, 6.07) is 10.8. The Morgan fingerprint density at radius 2 is 2.09 bits per heavy atom. The zero-order valence-corrected chi connectivity index (χ0v) is 13.8. The predicted molar refractivity (Wildman–Crippen MR) is 89.5 cm³/mol. The van der Waals surface area contributed by atoms with E-state index in [0.29, 0.717) is 12.5 Å². The van der Waals surface area contributed by atoms with E-state index in [1.807, 2.05) is 0 Å². The van der Waals surface area contributed by atoms with E-state index in [-0.39, 0.29) is 11.4 Å². The first-order chi connectivity index (χ1) is 10.6. The maximum absolute atomic E-state index is 12.2. The molecule has 0 spiro atoms. The zero-order valence-electron chi connectivity index (χ0n) is 13.8. The van der Waals surface area contributed by atoms with Crippen LogP contribution in [0.4, 0.5) is 0 Å². The number of nitrogens with zero attached hydrogens (tertiary/aromatic N) is 1. The van der Waals surface area contributed by atoms with Crippen LogP contribution >= 0.6 is 0 Å². The minimum Gasteiger partial charge on any atom is -0.355 e. The van der Waals surface area contributed by atoms with Gasteiger partial charge < -0.3 is 5.32 Å². The third-order valence-electron chi connectivity index (χ3n) is 5.36. The first kappa shape index (κ1) is 15.5. The van der Waals surface area contributed by atoms with Gasteiger partial charge in [0, 0.05) is 13.1 Å². The van der Waals surface area contributed by atoms with Gasteiger partial charge in [0.25, 0.3) is 0 Å². The van der Waals surface area contributed by atoms with Crippen LogP contribution in [-0.2, 0) is 10.3 Å². The largest absolute Gasteiger partial charge is 0.355 e. The molecule has 1 N–H and O–H groups in total. The summed E-state index contributed by atoms with van der Waals surface area (Å²) >= 11 is 0. The molecule has 1 heterocycles. The van der Waals surface area contributed by atoms with Gasteiger partial charge in [-0.15, -0.1) is 0 Å². The van der Waals surface area contributed by atoms with Gasteiger partial charge in [-0.05, 0) is 30.2 Å². The molecular weight excluding hydrogens is 272 g/mol. The lowest BCUT2D eigenvalue weighted by atomic mass is 9.62. The number of carbonyl (C=O) groups excluding carboxylic acids is 1. The summed E-state index contributed by atoms with van der Waals surface area (Å²) in [5.41, 5.74) is 1.52. The highest BCUT2D eigenvalue weighted by Gasteiger charge is 2.55. The van der Waals surface area contributed by atoms with Gasteiger partial charge >= 0.3 is 0 Å². The lowest BCUT2D eigenvalue weighted by molar-refractivity contribution is -0.142. The number of nitrogens with one attached hydrogen (secondary N) is 1. The van der Waals surface area contributed by atoms with Gasteiger partial charge in [0.05, 0.1) is 12.1 Å². The summed E-state index contributed by atoms with van der Waals surface area (Å²) in [5, 5.41) is 3.06. The van der Waals surface area contributed by atoms with Crippen LogP contribution in [0, 0.1) is 11.8 Å². The normalized spacial score (nSPS) is 28.0. The number of benzene rings is 1. The van der Waals surface area contributed by atoms with Crippen molar-refractivity contribution in [1.82, 2.24) is 10.2 Å². The molecule has 0 bridgehead atoms. The average Bonchev–Trinajstić information content (AvgIpc) is 2.51. The second kappa shape index (κ2) is 6.41. The molecule has 1 amide bonds. The molecule has 2 fully saturated rings. The molecule has 0 aromatic heterocycles. The minimum atomic E-state index is 0.120. The van der Waals surface area contributed by atoms with Crippen molar-refractivity contribution >= 4 is 5.91 Å². The van der Waals surface area contributed by atoms with Gasteiger partial charge in [-0.3, -0.25) is 9.69 Å². The molecule has 0 unspecified atom stereocenters. The molecule has 1 aliphatic heterocycles. The van der Waals surface area contributed by atoms with Gasteiger partial charge in [0.15, 0.2) is 0 Å². The first-order valence-electron chi connectivity index (χ1n) is 8.70. The Hall–Kier alpha value is -1.35. The van der Waals surface area contributed by atoms with Gasteiger partial charge in [0.1, 0.15) is 0 Å². The Bertz CT molecular complexity index is 513. The van der Waals surface area contributed by atoms with Crippen molar-refractivity contribution < 1.29 is 4.79 Å². The van der Waals surface area contributed by atoms with Crippen molar-refractivity contribution in [2.24, 2.45) is 11.8 Å². The molecule has 2 aliphatic rings. The van der Waals surface area contributed by atoms with Crippen LogP contribution in [0.1, 0.15) is 45.1 Å². The smallest absolute Gasteiger partial charge is 0.234 e. The van der Waals surface area contributed by atoms with E-state index in [2.05, 4.69) is 54.4 Å². The summed E-state index contributed by atoms with van der Waals surface area (Å²) in [6.07, 6.45) is 5.11. The van der Waals surface area contributed by atoms with E-state index >= 15 is 0 Å². The van der Waals surface area contributed by atoms with Crippen LogP contribution in [-0.4, -0.2) is 30.4 Å². The van der Waals surface area contributed by atoms with Crippen LogP contribution in [0.3, 0.4) is 0 Å². The minimum absolute atomic E-state index is 0.120. The number of hydrogen-bond acceptors (Lipinski definition) is 2. The fourth-order valence-corrected chi connectivity index (χ4v) is 4.25. The molecular formula is C19H28N2O. The Morgan fingerprint density at radius 1 is 1.32 bits per heavy atom. The number of fused-ring (bicyclic) bond motifs is 1. The van der Waals surface area contributed by atoms with Crippen molar-refractivity contribution in [3.8, 4) is 0 Å². The van der Waals surface area contributed by atoms with Gasteiger partial charge in [-0.25, -0.2) is 0 Å². The molecule has 0 radical (unpaired) electrons. The number of likely N-dealkylation sites (tertiary alicyclic amines) is 1. The summed E-state index contributed by atoms with van der Waals surface area (Å²) in [4.78, 5) is 14.7. The second-order valence-corrected chi connectivity index (χ2v) is 7.31. The predicted octanol–water partition coefficient (Wildman–Crippen LogP) is 3.16. The third kappa shape index (κ3) is 2.79. The standard InChI is InChI=1S/C19H28N2O/c1-15(2)12-20-18(22)14-21-13-17-10-6-7-11-19(17,21)16-8-4-3-5-9-16/h3-5,8-9,15,17H,6-7,10-14H2,1-2H3,(H,20,22)/t17-,19-/m0/s1. The SMILES string of the molecule is CC(C)CNC(=O)CN1C[C@@H]2CCCC[C@]21c1ccccc1. The van der Waals surface area contributed by atoms with Crippen LogP contribution < -0.4 is 5.32 Å². The van der Waals surface area contributed by atoms with Crippen LogP contribution in [0.15, 0.2) is 30.3 Å². The van der Waals surface area contributed by atoms with E-state index < -0.39 is 0 Å². The second-order valence-electron chi connectivity index (χ2n) is 7.31. The highest BCUT2D eigenvalue weighted by molar-refractivity contribution is 5.78. The number of rotatable bonds is 5. The van der Waals surface area contributed by atoms with E-state index in [0.717, 1.165) is 19.0 Å². The van der Waals surface area contributed by atoms with Crippen molar-refractivity contribution in [3.63, 3.8) is 0 Å². The number of amides is 1. The van der Waals surface area contributed by atoms with Crippen LogP contribution in [0.25, 0.3) is 0 Å². The summed E-state index contributed by atoms with van der Waals surface area (Å²) in [7, 11) is 0. The van der Waals surface area contributed by atoms with E-state index in [9.17, 15) is 4.79 Å². The lowest BCUT2D eigenvalue weighted by Gasteiger charge is -2.61. The Kier molecular flexibility index (Phi) is 4.53. The maximum Gasteiger partial charge on any atom is 0.234 e. The molecule has 1 aromatic carbocycles. The van der Waals surface area contributed by atoms with Crippen LogP contribution in [0.2, 0.25) is 0 Å². The zero-order chi connectivity index (χ0) is 15.6. The molecule has 1 saturated carbocycles. The molecule has 2 atom stereocenters. The summed E-state index contributed by atoms with van der Waals surface area (Å²) < 4.78 is 0. The molecule has 3 rings (SSSR count). The molecule has 120 valence electrons. The Morgan fingerprint density at radius 3 is 2.77 bits per heavy atom. The summed E-state index contributed by atoms with van der Waals surface area (Å²) in [5.74, 6) is 1.40. The Balaban J connectivity index is 1.73. The van der Waals surface area contributed by atoms with Gasteiger partial charge in [-0.1, -0.05) is 57.0 Å². The number of hydrogen-bond donors (Lipinski definition) is 1. The topological polar surface area (TPSA) is 32.3 Å². The van der Waals surface area contributed by atoms with Gasteiger partial charge in [-0.2, -0.15) is 0 Å². The Labute approximate surface area is 134 Å². The highest BCUT2D eigenvalue weighted by Crippen LogP contribution is 2.53. The van der Waals surface area contributed by atoms with Gasteiger partial charge in [0.2, 0.25) is 5.91 Å². The fourth-order valence-electron chi connectivity index (χ4n) is 4.25. The van der Waals surface area contributed by atoms with Crippen molar-refractivity contribution in [1.29, 1.82) is 0 Å². The fraction of sp³-hybridized carbons (Fsp3) is 0.632. The molecule has 1 saturated heterocycles. The third-order valence-corrected chi connectivity index (χ3v) is 5.36. The quantitative estimate of drug-likeness (QED) is 0.906. The molecule has 22 heavy (non-hydrogen) atoms. The average molecular weight is 300 g/mol. The summed E-state index contributed by atoms with van der Waals surface area (Å²) in [6.45, 7) is 6.65. The lowest BCUT2D eigenvalue weighted by Crippen LogP contribution is -2.67. The van der Waals surface area contributed by atoms with Crippen molar-refractivity contribution in [2.45, 2.75) is 45.1 Å². The molecule has 3 heteroatoms. The van der Waals surface area contributed by atoms with Crippen LogP contribution in [0.5, 0.6) is 0 Å². The van der Waals surface area contributed by atoms with Crippen molar-refractivity contribution in [3.05, 3.63) is 35.9 Å². The highest BCUT2D eigenvalue weighted by atomic mass is 16.2. The molecule has 1 aliphatic carbocycles. The van der Waals surface area contributed by atoms with E-state index in [1.165, 1.54) is 31.2 Å². The van der Waals surface area contributed by atoms with Crippen molar-refractivity contribution in [2.75, 3.05) is 19.6 Å². The monoisotopic (exact) mass is 300 g/mol. The number of carbonyl (C=O) groups is 1. The van der Waals surface area contributed by atoms with E-state index in [1.54, 1.807) is 0 Å². The maximum atomic E-state index is 12.2. The molecule has 3 nitrogen and oxygen atoms in total.